The maximum Gasteiger partial charge on any atom is 0.148 e. The van der Waals surface area contributed by atoms with E-state index >= 15 is 0 Å². The average Bonchev–Trinajstić information content (AvgIpc) is 3.00. The molecule has 0 aliphatic rings. The van der Waals surface area contributed by atoms with E-state index in [0.717, 1.165) is 25.5 Å². The predicted octanol–water partition coefficient (Wildman–Crippen LogP) is 1.92. The van der Waals surface area contributed by atoms with Gasteiger partial charge in [-0.1, -0.05) is 27.7 Å². The number of rotatable bonds is 8. The summed E-state index contributed by atoms with van der Waals surface area (Å²) in [5.74, 6) is 2.17. The summed E-state index contributed by atoms with van der Waals surface area (Å²) in [6.07, 6.45) is 5.60. The molecule has 0 radical (unpaired) electrons. The Morgan fingerprint density at radius 2 is 1.95 bits per heavy atom. The lowest BCUT2D eigenvalue weighted by molar-refractivity contribution is 0.456. The van der Waals surface area contributed by atoms with Gasteiger partial charge in [0.15, 0.2) is 0 Å². The van der Waals surface area contributed by atoms with Gasteiger partial charge in [0.25, 0.3) is 0 Å². The minimum atomic E-state index is 0.555. The lowest BCUT2D eigenvalue weighted by atomic mass is 10.2. The highest BCUT2D eigenvalue weighted by molar-refractivity contribution is 5.04. The van der Waals surface area contributed by atoms with Crippen LogP contribution in [-0.2, 0) is 19.6 Å². The second-order valence-corrected chi connectivity index (χ2v) is 6.32. The molecular weight excluding hydrogens is 264 g/mol. The van der Waals surface area contributed by atoms with Gasteiger partial charge < -0.3 is 5.32 Å². The molecule has 0 saturated heterocycles. The molecule has 116 valence electrons. The normalized spacial score (nSPS) is 11.7. The van der Waals surface area contributed by atoms with E-state index in [-0.39, 0.29) is 0 Å². The van der Waals surface area contributed by atoms with Crippen molar-refractivity contribution >= 4 is 0 Å². The average molecular weight is 290 g/mol. The number of hydrogen-bond donors (Lipinski definition) is 1. The second kappa shape index (κ2) is 7.36. The molecule has 0 fully saturated rings. The first kappa shape index (κ1) is 15.7. The van der Waals surface area contributed by atoms with Crippen LogP contribution < -0.4 is 5.32 Å². The lowest BCUT2D eigenvalue weighted by Gasteiger charge is -2.08. The van der Waals surface area contributed by atoms with Crippen LogP contribution in [-0.4, -0.2) is 31.1 Å². The Kier molecular flexibility index (Phi) is 5.50. The number of hydrogen-bond acceptors (Lipinski definition) is 4. The van der Waals surface area contributed by atoms with Crippen molar-refractivity contribution < 1.29 is 0 Å². The maximum atomic E-state index is 4.40. The van der Waals surface area contributed by atoms with Crippen molar-refractivity contribution in [3.63, 3.8) is 0 Å². The summed E-state index contributed by atoms with van der Waals surface area (Å²) in [4.78, 5) is 4.33. The monoisotopic (exact) mass is 290 g/mol. The molecule has 0 aromatic carbocycles. The maximum absolute atomic E-state index is 4.40. The zero-order chi connectivity index (χ0) is 15.2. The summed E-state index contributed by atoms with van der Waals surface area (Å²) in [6.45, 7) is 12.2. The zero-order valence-electron chi connectivity index (χ0n) is 13.5. The van der Waals surface area contributed by atoms with Gasteiger partial charge in [0, 0.05) is 24.8 Å². The molecule has 0 atom stereocenters. The van der Waals surface area contributed by atoms with Gasteiger partial charge in [-0.05, 0) is 18.4 Å². The molecule has 2 rings (SSSR count). The van der Waals surface area contributed by atoms with Crippen LogP contribution in [0.5, 0.6) is 0 Å². The van der Waals surface area contributed by atoms with Crippen molar-refractivity contribution in [2.45, 2.75) is 47.3 Å². The Labute approximate surface area is 126 Å². The third-order valence-electron chi connectivity index (χ3n) is 3.11. The smallest absolute Gasteiger partial charge is 0.148 e. The van der Waals surface area contributed by atoms with E-state index in [1.807, 2.05) is 15.6 Å². The highest BCUT2D eigenvalue weighted by atomic mass is 15.4. The Morgan fingerprint density at radius 1 is 1.14 bits per heavy atom. The molecule has 0 amide bonds. The third-order valence-corrected chi connectivity index (χ3v) is 3.11. The van der Waals surface area contributed by atoms with Crippen LogP contribution in [0, 0.1) is 11.8 Å². The SMILES string of the molecule is CC(C)CNCc1cnn(Cc2ncnn2CC(C)C)c1. The van der Waals surface area contributed by atoms with E-state index < -0.39 is 0 Å². The van der Waals surface area contributed by atoms with E-state index in [2.05, 4.69) is 54.4 Å². The van der Waals surface area contributed by atoms with Crippen LogP contribution in [0.1, 0.15) is 39.1 Å². The first-order chi connectivity index (χ1) is 10.0. The molecule has 0 spiro atoms. The quantitative estimate of drug-likeness (QED) is 0.807. The zero-order valence-corrected chi connectivity index (χ0v) is 13.5. The number of nitrogens with one attached hydrogen (secondary N) is 1. The number of aromatic nitrogens is 5. The van der Waals surface area contributed by atoms with Crippen LogP contribution in [0.2, 0.25) is 0 Å². The van der Waals surface area contributed by atoms with Crippen molar-refractivity contribution in [1.82, 2.24) is 29.9 Å². The van der Waals surface area contributed by atoms with Crippen molar-refractivity contribution in [2.24, 2.45) is 11.8 Å². The first-order valence-electron chi connectivity index (χ1n) is 7.63. The summed E-state index contributed by atoms with van der Waals surface area (Å²) >= 11 is 0. The van der Waals surface area contributed by atoms with E-state index in [4.69, 9.17) is 0 Å². The molecule has 6 heteroatoms. The van der Waals surface area contributed by atoms with Gasteiger partial charge in [-0.3, -0.25) is 4.68 Å². The van der Waals surface area contributed by atoms with E-state index in [1.54, 1.807) is 6.33 Å². The van der Waals surface area contributed by atoms with E-state index in [1.165, 1.54) is 5.56 Å². The van der Waals surface area contributed by atoms with Crippen LogP contribution in [0.25, 0.3) is 0 Å². The van der Waals surface area contributed by atoms with Crippen molar-refractivity contribution in [1.29, 1.82) is 0 Å². The molecule has 21 heavy (non-hydrogen) atoms. The molecule has 0 saturated carbocycles. The summed E-state index contributed by atoms with van der Waals surface area (Å²) < 4.78 is 3.89. The van der Waals surface area contributed by atoms with Gasteiger partial charge in [0.1, 0.15) is 18.7 Å². The fourth-order valence-electron chi connectivity index (χ4n) is 2.14. The van der Waals surface area contributed by atoms with Gasteiger partial charge in [-0.25, -0.2) is 9.67 Å². The highest BCUT2D eigenvalue weighted by Gasteiger charge is 2.08. The fourth-order valence-corrected chi connectivity index (χ4v) is 2.14. The molecule has 1 N–H and O–H groups in total. The lowest BCUT2D eigenvalue weighted by Crippen LogP contribution is -2.18. The third kappa shape index (κ3) is 4.97. The summed E-state index contributed by atoms with van der Waals surface area (Å²) in [7, 11) is 0. The van der Waals surface area contributed by atoms with Gasteiger partial charge >= 0.3 is 0 Å². The van der Waals surface area contributed by atoms with E-state index in [0.29, 0.717) is 18.4 Å². The predicted molar refractivity (Wildman–Crippen MR) is 82.7 cm³/mol. The molecule has 0 bridgehead atoms. The van der Waals surface area contributed by atoms with Crippen LogP contribution in [0.3, 0.4) is 0 Å². The van der Waals surface area contributed by atoms with Crippen LogP contribution in [0.4, 0.5) is 0 Å². The summed E-state index contributed by atoms with van der Waals surface area (Å²) in [5.41, 5.74) is 1.20. The molecular formula is C15H26N6. The Morgan fingerprint density at radius 3 is 2.67 bits per heavy atom. The van der Waals surface area contributed by atoms with Gasteiger partial charge in [0.05, 0.1) is 6.20 Å². The fraction of sp³-hybridized carbons (Fsp3) is 0.667. The first-order valence-corrected chi connectivity index (χ1v) is 7.63. The van der Waals surface area contributed by atoms with Gasteiger partial charge in [-0.2, -0.15) is 10.2 Å². The van der Waals surface area contributed by atoms with Crippen molar-refractivity contribution in [3.8, 4) is 0 Å². The second-order valence-electron chi connectivity index (χ2n) is 6.32. The van der Waals surface area contributed by atoms with Gasteiger partial charge in [0.2, 0.25) is 0 Å². The van der Waals surface area contributed by atoms with Crippen molar-refractivity contribution in [2.75, 3.05) is 6.54 Å². The molecule has 0 unspecified atom stereocenters. The minimum absolute atomic E-state index is 0.555. The molecule has 2 heterocycles. The molecule has 0 aliphatic carbocycles. The molecule has 6 nitrogen and oxygen atoms in total. The molecule has 2 aromatic rings. The largest absolute Gasteiger partial charge is 0.312 e. The van der Waals surface area contributed by atoms with Crippen molar-refractivity contribution in [3.05, 3.63) is 30.1 Å². The van der Waals surface area contributed by atoms with Crippen LogP contribution >= 0.6 is 0 Å². The molecule has 2 aromatic heterocycles. The molecule has 0 aliphatic heterocycles. The highest BCUT2D eigenvalue weighted by Crippen LogP contribution is 2.05. The number of nitrogens with zero attached hydrogens (tertiary/aromatic N) is 5. The Hall–Kier alpha value is -1.69. The summed E-state index contributed by atoms with van der Waals surface area (Å²) in [5, 5.41) is 12.1. The Balaban J connectivity index is 1.92. The topological polar surface area (TPSA) is 60.6 Å². The minimum Gasteiger partial charge on any atom is -0.312 e. The van der Waals surface area contributed by atoms with E-state index in [9.17, 15) is 0 Å². The standard InChI is InChI=1S/C15H26N6/c1-12(2)5-16-6-14-7-18-20(9-14)10-15-17-11-19-21(15)8-13(3)4/h7,9,11-13,16H,5-6,8,10H2,1-4H3. The van der Waals surface area contributed by atoms with Crippen LogP contribution in [0.15, 0.2) is 18.7 Å². The summed E-state index contributed by atoms with van der Waals surface area (Å²) in [6, 6.07) is 0. The Bertz CT molecular complexity index is 540. The van der Waals surface area contributed by atoms with Gasteiger partial charge in [-0.15, -0.1) is 0 Å².